The quantitative estimate of drug-likeness (QED) is 0.715. The summed E-state index contributed by atoms with van der Waals surface area (Å²) in [6, 6.07) is 15.7. The maximum Gasteiger partial charge on any atom is 0.264 e. The van der Waals surface area contributed by atoms with Gasteiger partial charge in [0.15, 0.2) is 0 Å². The van der Waals surface area contributed by atoms with Gasteiger partial charge in [-0.25, -0.2) is 8.42 Å². The maximum absolute atomic E-state index is 13.0. The van der Waals surface area contributed by atoms with Crippen LogP contribution in [0, 0.1) is 5.92 Å². The number of fused-ring (bicyclic) bond motifs is 1. The SMILES string of the molecule is O=S(=O)(c1ccccc1)N1CCc2cc(C3CC3NCCC3CCNCC3)ccc21. The van der Waals surface area contributed by atoms with E-state index in [0.29, 0.717) is 23.4 Å². The van der Waals surface area contributed by atoms with E-state index in [1.54, 1.807) is 28.6 Å². The Bertz CT molecular complexity index is 987. The van der Waals surface area contributed by atoms with Crippen molar-refractivity contribution in [1.29, 1.82) is 0 Å². The van der Waals surface area contributed by atoms with Gasteiger partial charge in [-0.15, -0.1) is 0 Å². The fourth-order valence-corrected chi connectivity index (χ4v) is 6.55. The van der Waals surface area contributed by atoms with Gasteiger partial charge in [-0.1, -0.05) is 30.3 Å². The van der Waals surface area contributed by atoms with Gasteiger partial charge in [-0.2, -0.15) is 0 Å². The second kappa shape index (κ2) is 8.33. The van der Waals surface area contributed by atoms with E-state index in [-0.39, 0.29) is 0 Å². The third kappa shape index (κ3) is 4.01. The van der Waals surface area contributed by atoms with E-state index < -0.39 is 10.0 Å². The molecule has 0 bridgehead atoms. The summed E-state index contributed by atoms with van der Waals surface area (Å²) >= 11 is 0. The van der Waals surface area contributed by atoms with Gasteiger partial charge in [0.1, 0.15) is 0 Å². The highest BCUT2D eigenvalue weighted by atomic mass is 32.2. The number of anilines is 1. The number of hydrogen-bond donors (Lipinski definition) is 2. The lowest BCUT2D eigenvalue weighted by Crippen LogP contribution is -2.30. The fraction of sp³-hybridized carbons (Fsp3) is 0.500. The summed E-state index contributed by atoms with van der Waals surface area (Å²) in [6.45, 7) is 3.98. The fourth-order valence-electron chi connectivity index (χ4n) is 5.02. The molecule has 0 amide bonds. The smallest absolute Gasteiger partial charge is 0.264 e. The first-order valence-corrected chi connectivity index (χ1v) is 12.7. The molecule has 1 aliphatic carbocycles. The van der Waals surface area contributed by atoms with Crippen LogP contribution in [-0.4, -0.2) is 40.6 Å². The van der Waals surface area contributed by atoms with Crippen molar-refractivity contribution in [3.63, 3.8) is 0 Å². The van der Waals surface area contributed by atoms with Crippen molar-refractivity contribution >= 4 is 15.7 Å². The third-order valence-electron chi connectivity index (χ3n) is 6.92. The average Bonchev–Trinajstić information content (AvgIpc) is 3.42. The molecule has 2 atom stereocenters. The zero-order valence-corrected chi connectivity index (χ0v) is 18.2. The molecule has 2 unspecified atom stereocenters. The van der Waals surface area contributed by atoms with Crippen molar-refractivity contribution in [2.45, 2.75) is 49.0 Å². The molecule has 2 fully saturated rings. The van der Waals surface area contributed by atoms with Crippen LogP contribution in [0.25, 0.3) is 0 Å². The summed E-state index contributed by atoms with van der Waals surface area (Å²) in [4.78, 5) is 0.363. The summed E-state index contributed by atoms with van der Waals surface area (Å²) in [7, 11) is -3.49. The van der Waals surface area contributed by atoms with Crippen LogP contribution in [0.5, 0.6) is 0 Å². The van der Waals surface area contributed by atoms with Crippen molar-refractivity contribution < 1.29 is 8.42 Å². The molecule has 5 nitrogen and oxygen atoms in total. The molecule has 30 heavy (non-hydrogen) atoms. The van der Waals surface area contributed by atoms with Gasteiger partial charge < -0.3 is 10.6 Å². The molecule has 5 rings (SSSR count). The van der Waals surface area contributed by atoms with Crippen LogP contribution in [0.2, 0.25) is 0 Å². The van der Waals surface area contributed by atoms with Gasteiger partial charge in [-0.3, -0.25) is 4.31 Å². The van der Waals surface area contributed by atoms with E-state index in [1.807, 2.05) is 12.1 Å². The standard InChI is InChI=1S/C24H31N3O2S/c28-30(29,21-4-2-1-3-5-21)27-15-11-20-16-19(6-7-24(20)27)22-17-23(22)26-14-10-18-8-12-25-13-9-18/h1-7,16,18,22-23,25-26H,8-15,17H2. The zero-order chi connectivity index (χ0) is 20.6. The van der Waals surface area contributed by atoms with Gasteiger partial charge >= 0.3 is 0 Å². The van der Waals surface area contributed by atoms with Crippen LogP contribution >= 0.6 is 0 Å². The highest BCUT2D eigenvalue weighted by molar-refractivity contribution is 7.92. The van der Waals surface area contributed by atoms with Gasteiger partial charge in [0, 0.05) is 18.5 Å². The molecule has 0 spiro atoms. The molecule has 0 aromatic heterocycles. The summed E-state index contributed by atoms with van der Waals surface area (Å²) in [5.41, 5.74) is 3.36. The second-order valence-corrected chi connectivity index (χ2v) is 10.8. The van der Waals surface area contributed by atoms with Crippen LogP contribution < -0.4 is 14.9 Å². The van der Waals surface area contributed by atoms with E-state index in [0.717, 1.165) is 30.1 Å². The number of nitrogens with one attached hydrogen (secondary N) is 2. The van der Waals surface area contributed by atoms with Crippen molar-refractivity contribution in [2.24, 2.45) is 5.92 Å². The molecule has 160 valence electrons. The van der Waals surface area contributed by atoms with Crippen LogP contribution in [0.15, 0.2) is 53.4 Å². The van der Waals surface area contributed by atoms with Crippen LogP contribution in [0.4, 0.5) is 5.69 Å². The Morgan fingerprint density at radius 3 is 2.67 bits per heavy atom. The Labute approximate surface area is 179 Å². The molecule has 2 aromatic rings. The van der Waals surface area contributed by atoms with Gasteiger partial charge in [0.2, 0.25) is 0 Å². The highest BCUT2D eigenvalue weighted by Crippen LogP contribution is 2.43. The second-order valence-electron chi connectivity index (χ2n) is 8.91. The molecule has 2 aromatic carbocycles. The molecule has 1 saturated heterocycles. The third-order valence-corrected chi connectivity index (χ3v) is 8.75. The lowest BCUT2D eigenvalue weighted by molar-refractivity contribution is 0.347. The van der Waals surface area contributed by atoms with Crippen molar-refractivity contribution in [1.82, 2.24) is 10.6 Å². The van der Waals surface area contributed by atoms with Gasteiger partial charge in [0.05, 0.1) is 10.6 Å². The Balaban J connectivity index is 1.21. The topological polar surface area (TPSA) is 61.4 Å². The van der Waals surface area contributed by atoms with E-state index >= 15 is 0 Å². The Kier molecular flexibility index (Phi) is 5.56. The molecule has 2 aliphatic heterocycles. The number of hydrogen-bond acceptors (Lipinski definition) is 4. The van der Waals surface area contributed by atoms with E-state index in [4.69, 9.17) is 0 Å². The van der Waals surface area contributed by atoms with Crippen molar-refractivity contribution in [2.75, 3.05) is 30.5 Å². The first kappa shape index (κ1) is 20.0. The predicted octanol–water partition coefficient (Wildman–Crippen LogP) is 3.27. The monoisotopic (exact) mass is 425 g/mol. The number of nitrogens with zero attached hydrogens (tertiary/aromatic N) is 1. The van der Waals surface area contributed by atoms with Gasteiger partial charge in [-0.05, 0) is 87.0 Å². The molecule has 2 N–H and O–H groups in total. The van der Waals surface area contributed by atoms with Crippen LogP contribution in [0.1, 0.15) is 42.7 Å². The lowest BCUT2D eigenvalue weighted by Gasteiger charge is -2.22. The average molecular weight is 426 g/mol. The molecule has 1 saturated carbocycles. The Morgan fingerprint density at radius 2 is 1.87 bits per heavy atom. The summed E-state index contributed by atoms with van der Waals surface area (Å²) in [5.74, 6) is 1.44. The van der Waals surface area contributed by atoms with Crippen LogP contribution in [-0.2, 0) is 16.4 Å². The van der Waals surface area contributed by atoms with E-state index in [2.05, 4.69) is 22.8 Å². The largest absolute Gasteiger partial charge is 0.317 e. The number of benzene rings is 2. The first-order chi connectivity index (χ1) is 14.6. The molecular formula is C24H31N3O2S. The van der Waals surface area contributed by atoms with E-state index in [9.17, 15) is 8.42 Å². The minimum atomic E-state index is -3.49. The predicted molar refractivity (Wildman–Crippen MR) is 120 cm³/mol. The summed E-state index contributed by atoms with van der Waals surface area (Å²) in [5, 5.41) is 7.18. The van der Waals surface area contributed by atoms with Crippen molar-refractivity contribution in [3.8, 4) is 0 Å². The zero-order valence-electron chi connectivity index (χ0n) is 17.4. The number of rotatable bonds is 7. The minimum absolute atomic E-state index is 0.363. The Morgan fingerprint density at radius 1 is 1.07 bits per heavy atom. The minimum Gasteiger partial charge on any atom is -0.317 e. The molecule has 2 heterocycles. The molecular weight excluding hydrogens is 394 g/mol. The van der Waals surface area contributed by atoms with Crippen molar-refractivity contribution in [3.05, 3.63) is 59.7 Å². The number of piperidine rings is 1. The summed E-state index contributed by atoms with van der Waals surface area (Å²) in [6.07, 6.45) is 5.88. The van der Waals surface area contributed by atoms with Gasteiger partial charge in [0.25, 0.3) is 10.0 Å². The van der Waals surface area contributed by atoms with Crippen LogP contribution in [0.3, 0.4) is 0 Å². The highest BCUT2D eigenvalue weighted by Gasteiger charge is 2.39. The Hall–Kier alpha value is -1.89. The molecule has 6 heteroatoms. The maximum atomic E-state index is 13.0. The number of sulfonamides is 1. The first-order valence-electron chi connectivity index (χ1n) is 11.3. The molecule has 0 radical (unpaired) electrons. The van der Waals surface area contributed by atoms with E-state index in [1.165, 1.54) is 44.3 Å². The lowest BCUT2D eigenvalue weighted by atomic mass is 9.95. The normalized spacial score (nSPS) is 24.1. The molecule has 3 aliphatic rings. The summed E-state index contributed by atoms with van der Waals surface area (Å²) < 4.78 is 27.7.